The van der Waals surface area contributed by atoms with Crippen LogP contribution in [-0.4, -0.2) is 28.4 Å². The van der Waals surface area contributed by atoms with Gasteiger partial charge in [0, 0.05) is 5.56 Å². The predicted octanol–water partition coefficient (Wildman–Crippen LogP) is 1.91. The molecule has 0 bridgehead atoms. The van der Waals surface area contributed by atoms with Crippen LogP contribution in [0.4, 0.5) is 0 Å². The molecule has 4 heteroatoms. The van der Waals surface area contributed by atoms with Crippen LogP contribution in [0.25, 0.3) is 0 Å². The highest BCUT2D eigenvalue weighted by atomic mass is 16.3. The average molecular weight is 237 g/mol. The number of hydrogen-bond donors (Lipinski definition) is 4. The van der Waals surface area contributed by atoms with Crippen molar-refractivity contribution in [3.8, 4) is 17.2 Å². The monoisotopic (exact) mass is 237 g/mol. The minimum absolute atomic E-state index is 0.184. The zero-order valence-corrected chi connectivity index (χ0v) is 9.98. The standard InChI is InChI=1S/C13H19NO3/c1-8(9-4-6-14-7-5-9)10-2-3-11(15)13(17)12(10)16/h2-3,8-9,14-17H,4-7H2,1H3. The minimum Gasteiger partial charge on any atom is -0.504 e. The van der Waals surface area contributed by atoms with Crippen LogP contribution in [0.1, 0.15) is 31.2 Å². The average Bonchev–Trinajstić information content (AvgIpc) is 2.36. The van der Waals surface area contributed by atoms with Crippen molar-refractivity contribution in [1.82, 2.24) is 5.32 Å². The topological polar surface area (TPSA) is 72.7 Å². The zero-order valence-electron chi connectivity index (χ0n) is 9.98. The summed E-state index contributed by atoms with van der Waals surface area (Å²) in [5.41, 5.74) is 0.715. The van der Waals surface area contributed by atoms with Gasteiger partial charge in [-0.15, -0.1) is 0 Å². The van der Waals surface area contributed by atoms with Crippen molar-refractivity contribution >= 4 is 0 Å². The molecule has 2 rings (SSSR count). The van der Waals surface area contributed by atoms with E-state index in [4.69, 9.17) is 0 Å². The van der Waals surface area contributed by atoms with Crippen LogP contribution in [0.5, 0.6) is 17.2 Å². The molecule has 94 valence electrons. The van der Waals surface area contributed by atoms with Crippen molar-refractivity contribution in [3.05, 3.63) is 17.7 Å². The lowest BCUT2D eigenvalue weighted by molar-refractivity contribution is 0.317. The Bertz CT molecular complexity index is 400. The number of phenols is 3. The third kappa shape index (κ3) is 2.31. The third-order valence-corrected chi connectivity index (χ3v) is 3.74. The van der Waals surface area contributed by atoms with Gasteiger partial charge in [0.2, 0.25) is 5.75 Å². The Kier molecular flexibility index (Phi) is 3.43. The first-order valence-electron chi connectivity index (χ1n) is 6.05. The van der Waals surface area contributed by atoms with E-state index >= 15 is 0 Å². The first-order chi connectivity index (χ1) is 8.11. The highest BCUT2D eigenvalue weighted by molar-refractivity contribution is 5.54. The predicted molar refractivity (Wildman–Crippen MR) is 65.4 cm³/mol. The van der Waals surface area contributed by atoms with Crippen molar-refractivity contribution in [2.75, 3.05) is 13.1 Å². The van der Waals surface area contributed by atoms with E-state index in [1.165, 1.54) is 6.07 Å². The van der Waals surface area contributed by atoms with Gasteiger partial charge in [-0.25, -0.2) is 0 Å². The summed E-state index contributed by atoms with van der Waals surface area (Å²) in [6.45, 7) is 4.06. The number of hydrogen-bond acceptors (Lipinski definition) is 4. The molecule has 0 aromatic heterocycles. The van der Waals surface area contributed by atoms with E-state index in [1.807, 2.05) is 0 Å². The van der Waals surface area contributed by atoms with Gasteiger partial charge in [0.25, 0.3) is 0 Å². The van der Waals surface area contributed by atoms with Crippen molar-refractivity contribution in [2.45, 2.75) is 25.7 Å². The summed E-state index contributed by atoms with van der Waals surface area (Å²) < 4.78 is 0. The molecule has 0 radical (unpaired) electrons. The molecule has 1 saturated heterocycles. The fourth-order valence-corrected chi connectivity index (χ4v) is 2.55. The van der Waals surface area contributed by atoms with Crippen LogP contribution in [-0.2, 0) is 0 Å². The fourth-order valence-electron chi connectivity index (χ4n) is 2.55. The second-order valence-electron chi connectivity index (χ2n) is 4.75. The molecule has 1 aliphatic heterocycles. The Morgan fingerprint density at radius 1 is 1.12 bits per heavy atom. The smallest absolute Gasteiger partial charge is 0.200 e. The van der Waals surface area contributed by atoms with Gasteiger partial charge in [-0.3, -0.25) is 0 Å². The maximum absolute atomic E-state index is 9.85. The normalized spacial score (nSPS) is 19.1. The van der Waals surface area contributed by atoms with E-state index < -0.39 is 5.75 Å². The molecule has 1 aliphatic rings. The summed E-state index contributed by atoms with van der Waals surface area (Å²) in [7, 11) is 0. The quantitative estimate of drug-likeness (QED) is 0.593. The van der Waals surface area contributed by atoms with Gasteiger partial charge in [0.15, 0.2) is 11.5 Å². The van der Waals surface area contributed by atoms with Crippen molar-refractivity contribution in [2.24, 2.45) is 5.92 Å². The Morgan fingerprint density at radius 3 is 2.41 bits per heavy atom. The minimum atomic E-state index is -0.414. The number of piperidine rings is 1. The lowest BCUT2D eigenvalue weighted by atomic mass is 9.81. The Labute approximate surface area is 101 Å². The second kappa shape index (κ2) is 4.84. The number of rotatable bonds is 2. The fraction of sp³-hybridized carbons (Fsp3) is 0.538. The van der Waals surface area contributed by atoms with E-state index in [-0.39, 0.29) is 17.4 Å². The molecule has 0 saturated carbocycles. The van der Waals surface area contributed by atoms with E-state index in [0.29, 0.717) is 11.5 Å². The van der Waals surface area contributed by atoms with Gasteiger partial charge in [-0.2, -0.15) is 0 Å². The largest absolute Gasteiger partial charge is 0.504 e. The van der Waals surface area contributed by atoms with Crippen molar-refractivity contribution in [3.63, 3.8) is 0 Å². The molecule has 1 unspecified atom stereocenters. The molecule has 17 heavy (non-hydrogen) atoms. The molecular formula is C13H19NO3. The van der Waals surface area contributed by atoms with Gasteiger partial charge in [0.1, 0.15) is 0 Å². The van der Waals surface area contributed by atoms with Crippen LogP contribution in [0.2, 0.25) is 0 Å². The maximum Gasteiger partial charge on any atom is 0.200 e. The third-order valence-electron chi connectivity index (χ3n) is 3.74. The molecular weight excluding hydrogens is 218 g/mol. The number of nitrogens with one attached hydrogen (secondary N) is 1. The molecule has 4 N–H and O–H groups in total. The van der Waals surface area contributed by atoms with Gasteiger partial charge < -0.3 is 20.6 Å². The van der Waals surface area contributed by atoms with Crippen LogP contribution >= 0.6 is 0 Å². The summed E-state index contributed by atoms with van der Waals surface area (Å²) in [4.78, 5) is 0. The second-order valence-corrected chi connectivity index (χ2v) is 4.75. The van der Waals surface area contributed by atoms with Gasteiger partial charge in [0.05, 0.1) is 0 Å². The van der Waals surface area contributed by atoms with E-state index in [2.05, 4.69) is 12.2 Å². The molecule has 1 fully saturated rings. The van der Waals surface area contributed by atoms with Crippen LogP contribution < -0.4 is 5.32 Å². The van der Waals surface area contributed by atoms with Gasteiger partial charge in [-0.05, 0) is 43.8 Å². The van der Waals surface area contributed by atoms with Crippen LogP contribution in [0, 0.1) is 5.92 Å². The van der Waals surface area contributed by atoms with Crippen LogP contribution in [0.15, 0.2) is 12.1 Å². The summed E-state index contributed by atoms with van der Waals surface area (Å²) in [6, 6.07) is 3.12. The zero-order chi connectivity index (χ0) is 12.4. The molecule has 0 amide bonds. The number of phenolic OH excluding ortho intramolecular Hbond substituents is 3. The Balaban J connectivity index is 2.24. The van der Waals surface area contributed by atoms with E-state index in [9.17, 15) is 15.3 Å². The molecule has 0 aliphatic carbocycles. The number of aromatic hydroxyl groups is 3. The molecule has 1 aromatic rings. The summed E-state index contributed by atoms with van der Waals surface area (Å²) in [5, 5.41) is 32.0. The van der Waals surface area contributed by atoms with Crippen molar-refractivity contribution < 1.29 is 15.3 Å². The molecule has 1 atom stereocenters. The number of benzene rings is 1. The maximum atomic E-state index is 9.85. The summed E-state index contributed by atoms with van der Waals surface area (Å²) >= 11 is 0. The SMILES string of the molecule is CC(c1ccc(O)c(O)c1O)C1CCNCC1. The Morgan fingerprint density at radius 2 is 1.76 bits per heavy atom. The van der Waals surface area contributed by atoms with Crippen molar-refractivity contribution in [1.29, 1.82) is 0 Å². The molecule has 0 spiro atoms. The van der Waals surface area contributed by atoms with Crippen LogP contribution in [0.3, 0.4) is 0 Å². The van der Waals surface area contributed by atoms with Gasteiger partial charge in [-0.1, -0.05) is 13.0 Å². The first kappa shape index (κ1) is 12.0. The van der Waals surface area contributed by atoms with Gasteiger partial charge >= 0.3 is 0 Å². The first-order valence-corrected chi connectivity index (χ1v) is 6.05. The summed E-state index contributed by atoms with van der Waals surface area (Å²) in [6.07, 6.45) is 2.14. The lowest BCUT2D eigenvalue weighted by Crippen LogP contribution is -2.30. The van der Waals surface area contributed by atoms with E-state index in [1.54, 1.807) is 6.07 Å². The molecule has 1 aromatic carbocycles. The van der Waals surface area contributed by atoms with E-state index in [0.717, 1.165) is 25.9 Å². The molecule has 1 heterocycles. The summed E-state index contributed by atoms with van der Waals surface area (Å²) in [5.74, 6) is -0.183. The molecule has 4 nitrogen and oxygen atoms in total. The Hall–Kier alpha value is -1.42. The lowest BCUT2D eigenvalue weighted by Gasteiger charge is -2.29. The highest BCUT2D eigenvalue weighted by Crippen LogP contribution is 2.43. The highest BCUT2D eigenvalue weighted by Gasteiger charge is 2.24.